The van der Waals surface area contributed by atoms with Crippen LogP contribution in [0.15, 0.2) is 109 Å². The third-order valence-electron chi connectivity index (χ3n) is 6.94. The van der Waals surface area contributed by atoms with Crippen molar-refractivity contribution in [3.05, 3.63) is 109 Å². The molecule has 0 N–H and O–H groups in total. The van der Waals surface area contributed by atoms with E-state index in [2.05, 4.69) is 121 Å². The summed E-state index contributed by atoms with van der Waals surface area (Å²) < 4.78 is 2.35. The minimum atomic E-state index is 1.27. The van der Waals surface area contributed by atoms with Gasteiger partial charge in [-0.3, -0.25) is 0 Å². The molecule has 0 aliphatic carbocycles. The van der Waals surface area contributed by atoms with Gasteiger partial charge in [-0.15, -0.1) is 0 Å². The maximum Gasteiger partial charge on any atom is 0.0568 e. The maximum absolute atomic E-state index is 2.39. The number of aromatic nitrogens is 1. The highest BCUT2D eigenvalue weighted by Crippen LogP contribution is 2.40. The third-order valence-corrected chi connectivity index (χ3v) is 6.94. The Balaban J connectivity index is 1.62. The van der Waals surface area contributed by atoms with E-state index < -0.39 is 0 Å². The van der Waals surface area contributed by atoms with E-state index in [0.717, 1.165) is 0 Å². The van der Waals surface area contributed by atoms with Crippen LogP contribution in [0, 0.1) is 0 Å². The van der Waals surface area contributed by atoms with Gasteiger partial charge in [-0.2, -0.15) is 0 Å². The average molecular weight is 408 g/mol. The Morgan fingerprint density at radius 2 is 1.09 bits per heavy atom. The Kier molecular flexibility index (Phi) is 3.54. The molecule has 150 valence electrons. The van der Waals surface area contributed by atoms with Crippen LogP contribution in [0.25, 0.3) is 65.3 Å². The topological polar surface area (TPSA) is 4.93 Å². The standard InChI is InChI=1S/C31H21N/c1-32-29-17-15-23(19-28(29)27-16-14-20-8-2-7-13-26(20)31(27)32)30-24-11-5-3-9-21(24)18-22-10-4-6-12-25(22)30/h2-19H,1H3. The van der Waals surface area contributed by atoms with Crippen LogP contribution in [-0.4, -0.2) is 4.57 Å². The molecule has 0 atom stereocenters. The molecule has 0 unspecified atom stereocenters. The van der Waals surface area contributed by atoms with Gasteiger partial charge in [0.05, 0.1) is 5.52 Å². The van der Waals surface area contributed by atoms with Gasteiger partial charge in [0.15, 0.2) is 0 Å². The SMILES string of the molecule is Cn1c2ccc(-c3c4ccccc4cc4ccccc34)cc2c2ccc3ccccc3c21. The monoisotopic (exact) mass is 407 g/mol. The first-order chi connectivity index (χ1) is 15.8. The van der Waals surface area contributed by atoms with E-state index in [-0.39, 0.29) is 0 Å². The molecule has 0 bridgehead atoms. The van der Waals surface area contributed by atoms with E-state index in [9.17, 15) is 0 Å². The van der Waals surface area contributed by atoms with Crippen LogP contribution in [0.2, 0.25) is 0 Å². The lowest BCUT2D eigenvalue weighted by atomic mass is 9.91. The predicted molar refractivity (Wildman–Crippen MR) is 138 cm³/mol. The first-order valence-corrected chi connectivity index (χ1v) is 11.1. The van der Waals surface area contributed by atoms with Crippen molar-refractivity contribution in [2.45, 2.75) is 0 Å². The summed E-state index contributed by atoms with van der Waals surface area (Å²) in [6.07, 6.45) is 0. The lowest BCUT2D eigenvalue weighted by Gasteiger charge is -2.12. The summed E-state index contributed by atoms with van der Waals surface area (Å²) >= 11 is 0. The molecule has 1 aromatic heterocycles. The van der Waals surface area contributed by atoms with Crippen molar-refractivity contribution in [1.82, 2.24) is 4.57 Å². The predicted octanol–water partition coefficient (Wildman–Crippen LogP) is 8.46. The van der Waals surface area contributed by atoms with Gasteiger partial charge in [0.1, 0.15) is 0 Å². The molecule has 0 aliphatic rings. The van der Waals surface area contributed by atoms with Gasteiger partial charge < -0.3 is 4.57 Å². The second kappa shape index (κ2) is 6.45. The first-order valence-electron chi connectivity index (χ1n) is 11.1. The van der Waals surface area contributed by atoms with Crippen LogP contribution in [0.5, 0.6) is 0 Å². The minimum absolute atomic E-state index is 1.27. The number of hydrogen-bond donors (Lipinski definition) is 0. The Hall–Kier alpha value is -4.10. The molecule has 32 heavy (non-hydrogen) atoms. The Morgan fingerprint density at radius 1 is 0.469 bits per heavy atom. The van der Waals surface area contributed by atoms with Crippen LogP contribution in [0.3, 0.4) is 0 Å². The summed E-state index contributed by atoms with van der Waals surface area (Å²) in [5.41, 5.74) is 5.16. The molecule has 0 fully saturated rings. The molecule has 0 saturated heterocycles. The Bertz CT molecular complexity index is 1780. The summed E-state index contributed by atoms with van der Waals surface area (Å²) in [5.74, 6) is 0. The zero-order valence-electron chi connectivity index (χ0n) is 17.8. The molecule has 7 aromatic rings. The molecule has 6 aromatic carbocycles. The lowest BCUT2D eigenvalue weighted by molar-refractivity contribution is 1.02. The number of aryl methyl sites for hydroxylation is 1. The summed E-state index contributed by atoms with van der Waals surface area (Å²) in [7, 11) is 2.18. The van der Waals surface area contributed by atoms with E-state index in [0.29, 0.717) is 0 Å². The van der Waals surface area contributed by atoms with Crippen molar-refractivity contribution in [3.63, 3.8) is 0 Å². The number of benzene rings is 6. The van der Waals surface area contributed by atoms with Gasteiger partial charge in [-0.05, 0) is 56.3 Å². The number of hydrogen-bond acceptors (Lipinski definition) is 0. The molecule has 0 spiro atoms. The third kappa shape index (κ3) is 2.34. The molecule has 0 aliphatic heterocycles. The fourth-order valence-corrected chi connectivity index (χ4v) is 5.48. The van der Waals surface area contributed by atoms with Crippen LogP contribution in [-0.2, 0) is 7.05 Å². The van der Waals surface area contributed by atoms with E-state index in [1.807, 2.05) is 0 Å². The highest BCUT2D eigenvalue weighted by molar-refractivity contribution is 6.19. The molecule has 1 heteroatoms. The van der Waals surface area contributed by atoms with E-state index >= 15 is 0 Å². The van der Waals surface area contributed by atoms with Crippen LogP contribution in [0.1, 0.15) is 0 Å². The van der Waals surface area contributed by atoms with Gasteiger partial charge in [-0.25, -0.2) is 0 Å². The van der Waals surface area contributed by atoms with Gasteiger partial charge >= 0.3 is 0 Å². The highest BCUT2D eigenvalue weighted by Gasteiger charge is 2.14. The highest BCUT2D eigenvalue weighted by atomic mass is 14.9. The Morgan fingerprint density at radius 3 is 1.81 bits per heavy atom. The fraction of sp³-hybridized carbons (Fsp3) is 0.0323. The summed E-state index contributed by atoms with van der Waals surface area (Å²) in [6, 6.07) is 39.9. The smallest absolute Gasteiger partial charge is 0.0568 e. The molecule has 0 amide bonds. The summed E-state index contributed by atoms with van der Waals surface area (Å²) in [6.45, 7) is 0. The molecular formula is C31H21N. The number of nitrogens with zero attached hydrogens (tertiary/aromatic N) is 1. The second-order valence-electron chi connectivity index (χ2n) is 8.67. The minimum Gasteiger partial charge on any atom is -0.343 e. The zero-order valence-corrected chi connectivity index (χ0v) is 17.8. The second-order valence-corrected chi connectivity index (χ2v) is 8.67. The molecule has 1 heterocycles. The molecule has 0 radical (unpaired) electrons. The van der Waals surface area contributed by atoms with Crippen molar-refractivity contribution < 1.29 is 0 Å². The van der Waals surface area contributed by atoms with Crippen molar-refractivity contribution in [2.24, 2.45) is 7.05 Å². The van der Waals surface area contributed by atoms with Crippen LogP contribution < -0.4 is 0 Å². The van der Waals surface area contributed by atoms with Gasteiger partial charge in [0, 0.05) is 28.7 Å². The molecule has 0 saturated carbocycles. The summed E-state index contributed by atoms with van der Waals surface area (Å²) in [5, 5.41) is 10.4. The average Bonchev–Trinajstić information content (AvgIpc) is 3.14. The van der Waals surface area contributed by atoms with Crippen molar-refractivity contribution in [1.29, 1.82) is 0 Å². The van der Waals surface area contributed by atoms with Crippen molar-refractivity contribution in [2.75, 3.05) is 0 Å². The normalized spacial score (nSPS) is 11.9. The molecule has 7 rings (SSSR count). The number of rotatable bonds is 1. The largest absolute Gasteiger partial charge is 0.343 e. The fourth-order valence-electron chi connectivity index (χ4n) is 5.48. The van der Waals surface area contributed by atoms with E-state index in [4.69, 9.17) is 0 Å². The van der Waals surface area contributed by atoms with Crippen molar-refractivity contribution >= 4 is 54.1 Å². The quantitative estimate of drug-likeness (QED) is 0.241. The van der Waals surface area contributed by atoms with Gasteiger partial charge in [0.25, 0.3) is 0 Å². The van der Waals surface area contributed by atoms with Crippen LogP contribution in [0.4, 0.5) is 0 Å². The van der Waals surface area contributed by atoms with E-state index in [1.54, 1.807) is 0 Å². The van der Waals surface area contributed by atoms with Gasteiger partial charge in [0.2, 0.25) is 0 Å². The maximum atomic E-state index is 2.39. The zero-order chi connectivity index (χ0) is 21.2. The van der Waals surface area contributed by atoms with Crippen LogP contribution >= 0.6 is 0 Å². The first kappa shape index (κ1) is 17.6. The Labute approximate surface area is 186 Å². The lowest BCUT2D eigenvalue weighted by Crippen LogP contribution is -1.88. The molecular weight excluding hydrogens is 386 g/mol. The molecule has 1 nitrogen and oxygen atoms in total. The summed E-state index contributed by atoms with van der Waals surface area (Å²) in [4.78, 5) is 0. The van der Waals surface area contributed by atoms with Crippen molar-refractivity contribution in [3.8, 4) is 11.1 Å². The number of fused-ring (bicyclic) bond motifs is 7. The van der Waals surface area contributed by atoms with E-state index in [1.165, 1.54) is 65.3 Å². The van der Waals surface area contributed by atoms with Gasteiger partial charge in [-0.1, -0.05) is 91.0 Å².